The summed E-state index contributed by atoms with van der Waals surface area (Å²) in [5, 5.41) is 0. The Morgan fingerprint density at radius 1 is 1.29 bits per heavy atom. The third-order valence-electron chi connectivity index (χ3n) is 3.36. The molecule has 0 N–H and O–H groups in total. The third kappa shape index (κ3) is 3.57. The molecule has 0 saturated carbocycles. The topological polar surface area (TPSA) is 42.0 Å². The molecule has 1 atom stereocenters. The van der Waals surface area contributed by atoms with Crippen LogP contribution in [0.25, 0.3) is 0 Å². The fraction of sp³-hybridized carbons (Fsp3) is 0.917. The van der Waals surface area contributed by atoms with E-state index in [9.17, 15) is 4.79 Å². The van der Waals surface area contributed by atoms with Gasteiger partial charge in [0, 0.05) is 33.3 Å². The summed E-state index contributed by atoms with van der Waals surface area (Å²) in [5.74, 6) is 0. The number of carbonyl (C=O) groups is 1. The Kier molecular flexibility index (Phi) is 4.62. The molecule has 17 heavy (non-hydrogen) atoms. The number of ether oxygens (including phenoxy) is 2. The lowest BCUT2D eigenvalue weighted by Gasteiger charge is -2.33. The van der Waals surface area contributed by atoms with E-state index in [1.165, 1.54) is 6.42 Å². The van der Waals surface area contributed by atoms with Crippen molar-refractivity contribution in [2.75, 3.05) is 46.5 Å². The molecule has 0 aliphatic carbocycles. The quantitative estimate of drug-likeness (QED) is 0.723. The van der Waals surface area contributed by atoms with Crippen molar-refractivity contribution in [3.8, 4) is 0 Å². The standard InChI is InChI=1S/C12H22N2O3/c1-13(10-11-4-2-3-7-17-11)12(15)14-5-8-16-9-6-14/h11H,2-10H2,1H3. The van der Waals surface area contributed by atoms with Crippen molar-refractivity contribution in [3.63, 3.8) is 0 Å². The molecular weight excluding hydrogens is 220 g/mol. The fourth-order valence-electron chi connectivity index (χ4n) is 2.33. The van der Waals surface area contributed by atoms with Crippen molar-refractivity contribution in [1.29, 1.82) is 0 Å². The van der Waals surface area contributed by atoms with Crippen LogP contribution in [0.15, 0.2) is 0 Å². The van der Waals surface area contributed by atoms with E-state index in [-0.39, 0.29) is 12.1 Å². The van der Waals surface area contributed by atoms with Gasteiger partial charge in [-0.25, -0.2) is 4.79 Å². The summed E-state index contributed by atoms with van der Waals surface area (Å²) in [7, 11) is 1.86. The number of rotatable bonds is 2. The molecule has 2 rings (SSSR count). The number of hydrogen-bond donors (Lipinski definition) is 0. The minimum Gasteiger partial charge on any atom is -0.378 e. The SMILES string of the molecule is CN(CC1CCCCO1)C(=O)N1CCOCC1. The molecule has 2 heterocycles. The number of likely N-dealkylation sites (N-methyl/N-ethyl adjacent to an activating group) is 1. The van der Waals surface area contributed by atoms with E-state index in [1.807, 2.05) is 11.9 Å². The first-order valence-corrected chi connectivity index (χ1v) is 6.47. The predicted octanol–water partition coefficient (Wildman–Crippen LogP) is 0.939. The summed E-state index contributed by atoms with van der Waals surface area (Å²) in [6.45, 7) is 4.25. The number of hydrogen-bond acceptors (Lipinski definition) is 3. The lowest BCUT2D eigenvalue weighted by atomic mass is 10.1. The number of carbonyl (C=O) groups excluding carboxylic acids is 1. The van der Waals surface area contributed by atoms with E-state index >= 15 is 0 Å². The van der Waals surface area contributed by atoms with Crippen molar-refractivity contribution in [3.05, 3.63) is 0 Å². The Bertz CT molecular complexity index is 248. The largest absolute Gasteiger partial charge is 0.378 e. The van der Waals surface area contributed by atoms with Gasteiger partial charge in [0.15, 0.2) is 0 Å². The van der Waals surface area contributed by atoms with E-state index in [4.69, 9.17) is 9.47 Å². The molecule has 2 aliphatic rings. The van der Waals surface area contributed by atoms with Gasteiger partial charge in [-0.3, -0.25) is 0 Å². The van der Waals surface area contributed by atoms with E-state index in [1.54, 1.807) is 4.90 Å². The fourth-order valence-corrected chi connectivity index (χ4v) is 2.33. The second-order valence-corrected chi connectivity index (χ2v) is 4.75. The molecule has 0 bridgehead atoms. The van der Waals surface area contributed by atoms with Crippen LogP contribution >= 0.6 is 0 Å². The molecule has 0 radical (unpaired) electrons. The molecule has 0 aromatic rings. The molecule has 98 valence electrons. The van der Waals surface area contributed by atoms with Gasteiger partial charge in [-0.2, -0.15) is 0 Å². The zero-order valence-electron chi connectivity index (χ0n) is 10.6. The molecule has 2 saturated heterocycles. The molecular formula is C12H22N2O3. The molecule has 5 nitrogen and oxygen atoms in total. The molecule has 1 unspecified atom stereocenters. The normalized spacial score (nSPS) is 25.7. The Morgan fingerprint density at radius 3 is 2.71 bits per heavy atom. The lowest BCUT2D eigenvalue weighted by Crippen LogP contribution is -2.49. The second kappa shape index (κ2) is 6.21. The molecule has 0 spiro atoms. The highest BCUT2D eigenvalue weighted by Gasteiger charge is 2.23. The van der Waals surface area contributed by atoms with Gasteiger partial charge in [-0.1, -0.05) is 0 Å². The third-order valence-corrected chi connectivity index (χ3v) is 3.36. The Morgan fingerprint density at radius 2 is 2.06 bits per heavy atom. The molecule has 2 aliphatic heterocycles. The number of amides is 2. The van der Waals surface area contributed by atoms with Crippen molar-refractivity contribution in [2.45, 2.75) is 25.4 Å². The Hall–Kier alpha value is -0.810. The van der Waals surface area contributed by atoms with Crippen molar-refractivity contribution in [1.82, 2.24) is 9.80 Å². The maximum atomic E-state index is 12.1. The lowest BCUT2D eigenvalue weighted by molar-refractivity contribution is -0.00252. The molecule has 2 amide bonds. The van der Waals surface area contributed by atoms with E-state index in [0.29, 0.717) is 32.8 Å². The van der Waals surface area contributed by atoms with Gasteiger partial charge >= 0.3 is 6.03 Å². The first-order valence-electron chi connectivity index (χ1n) is 6.47. The maximum Gasteiger partial charge on any atom is 0.319 e. The van der Waals surface area contributed by atoms with E-state index < -0.39 is 0 Å². The first-order chi connectivity index (χ1) is 8.27. The van der Waals surface area contributed by atoms with Gasteiger partial charge in [0.2, 0.25) is 0 Å². The second-order valence-electron chi connectivity index (χ2n) is 4.75. The monoisotopic (exact) mass is 242 g/mol. The molecule has 0 aromatic carbocycles. The Labute approximate surface area is 103 Å². The van der Waals surface area contributed by atoms with Gasteiger partial charge in [0.1, 0.15) is 0 Å². The van der Waals surface area contributed by atoms with Crippen LogP contribution in [0.5, 0.6) is 0 Å². The first kappa shape index (κ1) is 12.6. The summed E-state index contributed by atoms with van der Waals surface area (Å²) in [5.41, 5.74) is 0. The van der Waals surface area contributed by atoms with Crippen molar-refractivity contribution in [2.24, 2.45) is 0 Å². The van der Waals surface area contributed by atoms with Crippen LogP contribution in [0.4, 0.5) is 4.79 Å². The van der Waals surface area contributed by atoms with Gasteiger partial charge in [-0.15, -0.1) is 0 Å². The summed E-state index contributed by atoms with van der Waals surface area (Å²) < 4.78 is 10.9. The minimum atomic E-state index is 0.0995. The highest BCUT2D eigenvalue weighted by molar-refractivity contribution is 5.74. The van der Waals surface area contributed by atoms with Crippen LogP contribution in [0.3, 0.4) is 0 Å². The maximum absolute atomic E-state index is 12.1. The van der Waals surface area contributed by atoms with Crippen molar-refractivity contribution < 1.29 is 14.3 Å². The summed E-state index contributed by atoms with van der Waals surface area (Å²) in [4.78, 5) is 15.7. The van der Waals surface area contributed by atoms with Crippen LogP contribution < -0.4 is 0 Å². The van der Waals surface area contributed by atoms with Crippen LogP contribution in [-0.2, 0) is 9.47 Å². The number of urea groups is 1. The van der Waals surface area contributed by atoms with Crippen LogP contribution in [0.2, 0.25) is 0 Å². The number of nitrogens with zero attached hydrogens (tertiary/aromatic N) is 2. The summed E-state index contributed by atoms with van der Waals surface area (Å²) >= 11 is 0. The summed E-state index contributed by atoms with van der Waals surface area (Å²) in [6.07, 6.45) is 3.65. The minimum absolute atomic E-state index is 0.0995. The van der Waals surface area contributed by atoms with Crippen LogP contribution in [0.1, 0.15) is 19.3 Å². The smallest absolute Gasteiger partial charge is 0.319 e. The zero-order chi connectivity index (χ0) is 12.1. The predicted molar refractivity (Wildman–Crippen MR) is 64.0 cm³/mol. The Balaban J connectivity index is 1.77. The van der Waals surface area contributed by atoms with Gasteiger partial charge in [0.25, 0.3) is 0 Å². The average molecular weight is 242 g/mol. The van der Waals surface area contributed by atoms with Crippen molar-refractivity contribution >= 4 is 6.03 Å². The van der Waals surface area contributed by atoms with Gasteiger partial charge < -0.3 is 19.3 Å². The van der Waals surface area contributed by atoms with Crippen LogP contribution in [-0.4, -0.2) is 68.4 Å². The summed E-state index contributed by atoms with van der Waals surface area (Å²) in [6, 6.07) is 0.0995. The highest BCUT2D eigenvalue weighted by atomic mass is 16.5. The average Bonchev–Trinajstić information content (AvgIpc) is 2.40. The number of morpholine rings is 1. The van der Waals surface area contributed by atoms with Crippen LogP contribution in [0, 0.1) is 0 Å². The van der Waals surface area contributed by atoms with Gasteiger partial charge in [-0.05, 0) is 19.3 Å². The van der Waals surface area contributed by atoms with E-state index in [0.717, 1.165) is 19.4 Å². The zero-order valence-corrected chi connectivity index (χ0v) is 10.6. The highest BCUT2D eigenvalue weighted by Crippen LogP contribution is 2.14. The molecule has 5 heteroatoms. The van der Waals surface area contributed by atoms with E-state index in [2.05, 4.69) is 0 Å². The van der Waals surface area contributed by atoms with Gasteiger partial charge in [0.05, 0.1) is 19.3 Å². The molecule has 2 fully saturated rings. The molecule has 0 aromatic heterocycles.